The van der Waals surface area contributed by atoms with Crippen molar-refractivity contribution in [1.82, 2.24) is 0 Å². The van der Waals surface area contributed by atoms with Crippen molar-refractivity contribution in [2.24, 2.45) is 4.99 Å². The van der Waals surface area contributed by atoms with E-state index in [1.54, 1.807) is 30.0 Å². The van der Waals surface area contributed by atoms with Crippen molar-refractivity contribution in [1.29, 1.82) is 0 Å². The van der Waals surface area contributed by atoms with Crippen LogP contribution >= 0.6 is 35.0 Å². The van der Waals surface area contributed by atoms with Crippen molar-refractivity contribution in [3.8, 4) is 0 Å². The maximum atomic E-state index is 12.0. The van der Waals surface area contributed by atoms with Gasteiger partial charge in [-0.05, 0) is 12.1 Å². The third-order valence-corrected chi connectivity index (χ3v) is 7.59. The largest absolute Gasteiger partial charge is 0.313 e. The van der Waals surface area contributed by atoms with Gasteiger partial charge in [-0.3, -0.25) is 4.79 Å². The van der Waals surface area contributed by atoms with Gasteiger partial charge in [0.2, 0.25) is 5.91 Å². The van der Waals surface area contributed by atoms with Crippen LogP contribution in [-0.4, -0.2) is 42.3 Å². The number of fused-ring (bicyclic) bond motifs is 1. The van der Waals surface area contributed by atoms with Gasteiger partial charge in [0.15, 0.2) is 15.0 Å². The van der Waals surface area contributed by atoms with Crippen LogP contribution < -0.4 is 4.90 Å². The molecule has 124 valence electrons. The number of anilines is 1. The molecule has 0 aromatic heterocycles. The van der Waals surface area contributed by atoms with E-state index in [-0.39, 0.29) is 35.1 Å². The third-order valence-electron chi connectivity index (χ3n) is 3.77. The highest BCUT2D eigenvalue weighted by Gasteiger charge is 2.50. The van der Waals surface area contributed by atoms with E-state index in [1.807, 2.05) is 0 Å². The zero-order valence-electron chi connectivity index (χ0n) is 12.2. The second-order valence-corrected chi connectivity index (χ2v) is 9.56. The Bertz CT molecular complexity index is 775. The Hall–Kier alpha value is -0.760. The fraction of sp³-hybridized carbons (Fsp3) is 0.429. The van der Waals surface area contributed by atoms with Gasteiger partial charge >= 0.3 is 0 Å². The minimum absolute atomic E-state index is 0.00551. The molecule has 0 bridgehead atoms. The number of hydrogen-bond donors (Lipinski definition) is 0. The molecule has 2 aliphatic heterocycles. The molecule has 1 amide bonds. The van der Waals surface area contributed by atoms with Crippen LogP contribution in [0.1, 0.15) is 13.3 Å². The Morgan fingerprint density at radius 3 is 2.61 bits per heavy atom. The van der Waals surface area contributed by atoms with Crippen molar-refractivity contribution in [2.75, 3.05) is 16.4 Å². The molecule has 3 rings (SSSR count). The standard InChI is InChI=1S/C14H14Cl2N2O3S2/c1-2-12(19)17-14-18(13-8(15)4-3-5-9(13)16)10-6-23(20,21)7-11(10)22-14/h3-5,10-11H,2,6-7H2,1H3/t10-,11+/m1/s1. The first-order chi connectivity index (χ1) is 10.8. The molecule has 2 aliphatic rings. The van der Waals surface area contributed by atoms with E-state index in [0.717, 1.165) is 0 Å². The first kappa shape index (κ1) is 17.1. The van der Waals surface area contributed by atoms with Gasteiger partial charge in [0.1, 0.15) is 0 Å². The molecule has 1 aromatic rings. The highest BCUT2D eigenvalue weighted by Crippen LogP contribution is 2.45. The number of para-hydroxylation sites is 1. The molecule has 5 nitrogen and oxygen atoms in total. The maximum absolute atomic E-state index is 12.0. The Balaban J connectivity index is 2.11. The summed E-state index contributed by atoms with van der Waals surface area (Å²) in [6.07, 6.45) is 0.280. The van der Waals surface area contributed by atoms with E-state index in [2.05, 4.69) is 4.99 Å². The average Bonchev–Trinajstić information content (AvgIpc) is 2.91. The van der Waals surface area contributed by atoms with Gasteiger partial charge in [-0.2, -0.15) is 4.99 Å². The van der Waals surface area contributed by atoms with E-state index in [4.69, 9.17) is 23.2 Å². The number of aliphatic imine (C=N–C) groups is 1. The van der Waals surface area contributed by atoms with Gasteiger partial charge in [-0.15, -0.1) is 0 Å². The first-order valence-electron chi connectivity index (χ1n) is 7.04. The highest BCUT2D eigenvalue weighted by molar-refractivity contribution is 8.16. The Morgan fingerprint density at radius 1 is 1.35 bits per heavy atom. The molecular formula is C14H14Cl2N2O3S2. The molecule has 0 saturated carbocycles. The second-order valence-electron chi connectivity index (χ2n) is 5.38. The Morgan fingerprint density at radius 2 is 2.00 bits per heavy atom. The highest BCUT2D eigenvalue weighted by atomic mass is 35.5. The number of rotatable bonds is 2. The lowest BCUT2D eigenvalue weighted by molar-refractivity contribution is -0.117. The number of amides is 1. The number of benzene rings is 1. The zero-order valence-corrected chi connectivity index (χ0v) is 15.3. The number of carbonyl (C=O) groups excluding carboxylic acids is 1. The van der Waals surface area contributed by atoms with Crippen molar-refractivity contribution in [2.45, 2.75) is 24.6 Å². The lowest BCUT2D eigenvalue weighted by Gasteiger charge is -2.26. The summed E-state index contributed by atoms with van der Waals surface area (Å²) in [5.74, 6) is -0.185. The summed E-state index contributed by atoms with van der Waals surface area (Å²) in [7, 11) is -3.12. The lowest BCUT2D eigenvalue weighted by Crippen LogP contribution is -2.38. The maximum Gasteiger partial charge on any atom is 0.247 e. The van der Waals surface area contributed by atoms with E-state index in [0.29, 0.717) is 20.9 Å². The quantitative estimate of drug-likeness (QED) is 0.773. The molecule has 1 aromatic carbocycles. The number of halogens is 2. The average molecular weight is 393 g/mol. The summed E-state index contributed by atoms with van der Waals surface area (Å²) in [6, 6.07) is 4.77. The molecule has 0 unspecified atom stereocenters. The molecule has 2 atom stereocenters. The van der Waals surface area contributed by atoms with Gasteiger partial charge < -0.3 is 4.90 Å². The summed E-state index contributed by atoms with van der Waals surface area (Å²) in [5, 5.41) is 1.10. The summed E-state index contributed by atoms with van der Waals surface area (Å²) in [6.45, 7) is 1.73. The van der Waals surface area contributed by atoms with E-state index in [1.165, 1.54) is 11.8 Å². The molecular weight excluding hydrogens is 379 g/mol. The summed E-state index contributed by atoms with van der Waals surface area (Å²) in [5.41, 5.74) is 0.510. The van der Waals surface area contributed by atoms with Crippen LogP contribution in [0.2, 0.25) is 10.0 Å². The molecule has 0 aliphatic carbocycles. The van der Waals surface area contributed by atoms with Crippen LogP contribution in [0.4, 0.5) is 5.69 Å². The first-order valence-corrected chi connectivity index (χ1v) is 10.5. The lowest BCUT2D eigenvalue weighted by atomic mass is 10.2. The molecule has 23 heavy (non-hydrogen) atoms. The fourth-order valence-corrected chi connectivity index (χ4v) is 7.23. The Labute approximate surface area is 149 Å². The van der Waals surface area contributed by atoms with Gasteiger partial charge in [-0.1, -0.05) is 48.0 Å². The Kier molecular flexibility index (Phi) is 4.66. The van der Waals surface area contributed by atoms with Gasteiger partial charge in [-0.25, -0.2) is 8.42 Å². The normalized spacial score (nSPS) is 27.4. The molecule has 0 radical (unpaired) electrons. The monoisotopic (exact) mass is 392 g/mol. The second kappa shape index (κ2) is 6.27. The van der Waals surface area contributed by atoms with Crippen molar-refractivity contribution < 1.29 is 13.2 Å². The van der Waals surface area contributed by atoms with Gasteiger partial charge in [0.05, 0.1) is 33.3 Å². The summed E-state index contributed by atoms with van der Waals surface area (Å²) < 4.78 is 23.9. The van der Waals surface area contributed by atoms with Crippen molar-refractivity contribution >= 4 is 61.6 Å². The van der Waals surface area contributed by atoms with Crippen molar-refractivity contribution in [3.63, 3.8) is 0 Å². The molecule has 2 fully saturated rings. The predicted octanol–water partition coefficient (Wildman–Crippen LogP) is 3.00. The summed E-state index contributed by atoms with van der Waals surface area (Å²) in [4.78, 5) is 17.6. The SMILES string of the molecule is CCC(=O)N=C1S[C@H]2CS(=O)(=O)C[C@H]2N1c1c(Cl)cccc1Cl. The van der Waals surface area contributed by atoms with E-state index in [9.17, 15) is 13.2 Å². The fourth-order valence-electron chi connectivity index (χ4n) is 2.73. The number of nitrogens with zero attached hydrogens (tertiary/aromatic N) is 2. The van der Waals surface area contributed by atoms with E-state index < -0.39 is 9.84 Å². The zero-order chi connectivity index (χ0) is 16.8. The summed E-state index contributed by atoms with van der Waals surface area (Å²) >= 11 is 13.9. The molecule has 2 heterocycles. The van der Waals surface area contributed by atoms with Crippen LogP contribution in [-0.2, 0) is 14.6 Å². The third kappa shape index (κ3) is 3.24. The smallest absolute Gasteiger partial charge is 0.247 e. The van der Waals surface area contributed by atoms with Gasteiger partial charge in [0.25, 0.3) is 0 Å². The van der Waals surface area contributed by atoms with Crippen molar-refractivity contribution in [3.05, 3.63) is 28.2 Å². The number of carbonyl (C=O) groups is 1. The van der Waals surface area contributed by atoms with Gasteiger partial charge in [0, 0.05) is 11.7 Å². The van der Waals surface area contributed by atoms with Crippen LogP contribution in [0, 0.1) is 0 Å². The molecule has 9 heteroatoms. The molecule has 0 spiro atoms. The van der Waals surface area contributed by atoms with Crippen LogP contribution in [0.3, 0.4) is 0 Å². The predicted molar refractivity (Wildman–Crippen MR) is 95.5 cm³/mol. The molecule has 0 N–H and O–H groups in total. The van der Waals surface area contributed by atoms with Crippen LogP contribution in [0.5, 0.6) is 0 Å². The van der Waals surface area contributed by atoms with Crippen LogP contribution in [0.25, 0.3) is 0 Å². The van der Waals surface area contributed by atoms with Crippen LogP contribution in [0.15, 0.2) is 23.2 Å². The topological polar surface area (TPSA) is 66.8 Å². The minimum Gasteiger partial charge on any atom is -0.313 e. The van der Waals surface area contributed by atoms with E-state index >= 15 is 0 Å². The number of thioether (sulfide) groups is 1. The number of sulfone groups is 1. The molecule has 2 saturated heterocycles. The number of amidine groups is 1. The number of hydrogen-bond acceptors (Lipinski definition) is 4. The minimum atomic E-state index is -3.12.